The Kier molecular flexibility index (Phi) is 4.34. The van der Waals surface area contributed by atoms with Gasteiger partial charge < -0.3 is 4.90 Å². The molecule has 88 valence electrons. The molecule has 1 fully saturated rings. The van der Waals surface area contributed by atoms with Crippen molar-refractivity contribution in [1.82, 2.24) is 9.88 Å². The molecule has 2 heteroatoms. The molecule has 1 aromatic rings. The lowest BCUT2D eigenvalue weighted by Gasteiger charge is -2.32. The standard InChI is InChI=1S/C14H22N2/c1-2-13-4-3-10-16(12-13)11-7-14-5-8-15-9-6-14/h5-6,8-9,13H,2-4,7,10-12H2,1H3. The Morgan fingerprint density at radius 2 is 2.19 bits per heavy atom. The molecule has 1 aromatic heterocycles. The van der Waals surface area contributed by atoms with Crippen molar-refractivity contribution in [1.29, 1.82) is 0 Å². The third-order valence-electron chi connectivity index (χ3n) is 3.65. The Morgan fingerprint density at radius 3 is 2.94 bits per heavy atom. The predicted octanol–water partition coefficient (Wildman–Crippen LogP) is 2.75. The topological polar surface area (TPSA) is 16.1 Å². The van der Waals surface area contributed by atoms with Crippen LogP contribution in [0.4, 0.5) is 0 Å². The first-order chi connectivity index (χ1) is 7.88. The van der Waals surface area contributed by atoms with Crippen LogP contribution in [-0.2, 0) is 6.42 Å². The Hall–Kier alpha value is -0.890. The molecule has 0 saturated carbocycles. The number of nitrogens with zero attached hydrogens (tertiary/aromatic N) is 2. The second-order valence-electron chi connectivity index (χ2n) is 4.82. The molecule has 2 rings (SSSR count). The summed E-state index contributed by atoms with van der Waals surface area (Å²) in [4.78, 5) is 6.67. The zero-order valence-electron chi connectivity index (χ0n) is 10.2. The first-order valence-electron chi connectivity index (χ1n) is 6.49. The lowest BCUT2D eigenvalue weighted by molar-refractivity contribution is 0.173. The van der Waals surface area contributed by atoms with Gasteiger partial charge in [0.2, 0.25) is 0 Å². The van der Waals surface area contributed by atoms with Crippen LogP contribution in [0.1, 0.15) is 31.7 Å². The molecule has 16 heavy (non-hydrogen) atoms. The average Bonchev–Trinajstić information content (AvgIpc) is 2.38. The molecule has 1 atom stereocenters. The van der Waals surface area contributed by atoms with Crippen LogP contribution in [0.5, 0.6) is 0 Å². The first kappa shape index (κ1) is 11.6. The van der Waals surface area contributed by atoms with Crippen LogP contribution in [0.3, 0.4) is 0 Å². The van der Waals surface area contributed by atoms with Crippen molar-refractivity contribution in [3.05, 3.63) is 30.1 Å². The van der Waals surface area contributed by atoms with E-state index >= 15 is 0 Å². The van der Waals surface area contributed by atoms with Crippen molar-refractivity contribution < 1.29 is 0 Å². The molecular weight excluding hydrogens is 196 g/mol. The number of hydrogen-bond donors (Lipinski definition) is 0. The molecule has 0 bridgehead atoms. The normalized spacial score (nSPS) is 22.2. The van der Waals surface area contributed by atoms with E-state index in [2.05, 4.69) is 28.9 Å². The number of pyridine rings is 1. The van der Waals surface area contributed by atoms with Crippen molar-refractivity contribution in [2.24, 2.45) is 5.92 Å². The van der Waals surface area contributed by atoms with E-state index in [1.807, 2.05) is 12.4 Å². The van der Waals surface area contributed by atoms with Crippen LogP contribution in [0.25, 0.3) is 0 Å². The third-order valence-corrected chi connectivity index (χ3v) is 3.65. The van der Waals surface area contributed by atoms with Gasteiger partial charge >= 0.3 is 0 Å². The molecule has 0 radical (unpaired) electrons. The molecule has 0 amide bonds. The number of aromatic nitrogens is 1. The summed E-state index contributed by atoms with van der Waals surface area (Å²) in [6, 6.07) is 4.25. The highest BCUT2D eigenvalue weighted by molar-refractivity contribution is 5.09. The molecule has 1 saturated heterocycles. The summed E-state index contributed by atoms with van der Waals surface area (Å²) in [7, 11) is 0. The highest BCUT2D eigenvalue weighted by Crippen LogP contribution is 2.19. The highest BCUT2D eigenvalue weighted by atomic mass is 15.1. The van der Waals surface area contributed by atoms with Gasteiger partial charge in [-0.3, -0.25) is 4.98 Å². The summed E-state index contributed by atoms with van der Waals surface area (Å²) >= 11 is 0. The van der Waals surface area contributed by atoms with Gasteiger partial charge in [-0.1, -0.05) is 13.3 Å². The minimum absolute atomic E-state index is 0.936. The largest absolute Gasteiger partial charge is 0.303 e. The van der Waals surface area contributed by atoms with Gasteiger partial charge in [-0.25, -0.2) is 0 Å². The van der Waals surface area contributed by atoms with Crippen LogP contribution in [0, 0.1) is 5.92 Å². The van der Waals surface area contributed by atoms with Crippen LogP contribution in [0.2, 0.25) is 0 Å². The minimum atomic E-state index is 0.936. The van der Waals surface area contributed by atoms with Crippen molar-refractivity contribution in [2.45, 2.75) is 32.6 Å². The van der Waals surface area contributed by atoms with E-state index in [4.69, 9.17) is 0 Å². The highest BCUT2D eigenvalue weighted by Gasteiger charge is 2.17. The molecule has 0 spiro atoms. The molecule has 0 N–H and O–H groups in total. The lowest BCUT2D eigenvalue weighted by atomic mass is 9.95. The van der Waals surface area contributed by atoms with Gasteiger partial charge in [0.15, 0.2) is 0 Å². The molecular formula is C14H22N2. The number of piperidine rings is 1. The molecule has 0 aromatic carbocycles. The quantitative estimate of drug-likeness (QED) is 0.772. The molecule has 1 unspecified atom stereocenters. The summed E-state index contributed by atoms with van der Waals surface area (Å²) in [5.41, 5.74) is 1.41. The lowest BCUT2D eigenvalue weighted by Crippen LogP contribution is -2.36. The third kappa shape index (κ3) is 3.31. The number of rotatable bonds is 4. The monoisotopic (exact) mass is 218 g/mol. The fourth-order valence-electron chi connectivity index (χ4n) is 2.52. The maximum atomic E-state index is 4.05. The van der Waals surface area contributed by atoms with Gasteiger partial charge in [-0.05, 0) is 49.4 Å². The van der Waals surface area contributed by atoms with E-state index in [1.165, 1.54) is 50.9 Å². The molecule has 1 aliphatic heterocycles. The van der Waals surface area contributed by atoms with Gasteiger partial charge in [0.1, 0.15) is 0 Å². The molecule has 0 aliphatic carbocycles. The second-order valence-corrected chi connectivity index (χ2v) is 4.82. The minimum Gasteiger partial charge on any atom is -0.303 e. The first-order valence-corrected chi connectivity index (χ1v) is 6.49. The Bertz CT molecular complexity index is 297. The van der Waals surface area contributed by atoms with E-state index in [9.17, 15) is 0 Å². The van der Waals surface area contributed by atoms with Crippen molar-refractivity contribution in [3.63, 3.8) is 0 Å². The summed E-state index contributed by atoms with van der Waals surface area (Å²) < 4.78 is 0. The van der Waals surface area contributed by atoms with Crippen molar-refractivity contribution in [2.75, 3.05) is 19.6 Å². The zero-order valence-corrected chi connectivity index (χ0v) is 10.2. The van der Waals surface area contributed by atoms with Crippen LogP contribution in [-0.4, -0.2) is 29.5 Å². The van der Waals surface area contributed by atoms with Crippen LogP contribution < -0.4 is 0 Å². The molecule has 2 heterocycles. The smallest absolute Gasteiger partial charge is 0.0270 e. The van der Waals surface area contributed by atoms with Crippen LogP contribution in [0.15, 0.2) is 24.5 Å². The fraction of sp³-hybridized carbons (Fsp3) is 0.643. The summed E-state index contributed by atoms with van der Waals surface area (Å²) in [6.07, 6.45) is 9.10. The SMILES string of the molecule is CCC1CCCN(CCc2ccncc2)C1. The summed E-state index contributed by atoms with van der Waals surface area (Å²) in [5.74, 6) is 0.936. The van der Waals surface area contributed by atoms with Gasteiger partial charge in [0, 0.05) is 25.5 Å². The average molecular weight is 218 g/mol. The maximum absolute atomic E-state index is 4.05. The van der Waals surface area contributed by atoms with Crippen molar-refractivity contribution >= 4 is 0 Å². The number of likely N-dealkylation sites (tertiary alicyclic amines) is 1. The molecule has 1 aliphatic rings. The van der Waals surface area contributed by atoms with Gasteiger partial charge in [0.05, 0.1) is 0 Å². The Morgan fingerprint density at radius 1 is 1.38 bits per heavy atom. The van der Waals surface area contributed by atoms with E-state index in [0.717, 1.165) is 5.92 Å². The summed E-state index contributed by atoms with van der Waals surface area (Å²) in [6.45, 7) is 6.13. The second kappa shape index (κ2) is 6.00. The van der Waals surface area contributed by atoms with E-state index in [0.29, 0.717) is 0 Å². The Labute approximate surface area is 98.7 Å². The molecule has 2 nitrogen and oxygen atoms in total. The van der Waals surface area contributed by atoms with E-state index in [1.54, 1.807) is 0 Å². The van der Waals surface area contributed by atoms with E-state index in [-0.39, 0.29) is 0 Å². The zero-order chi connectivity index (χ0) is 11.2. The predicted molar refractivity (Wildman–Crippen MR) is 67.4 cm³/mol. The van der Waals surface area contributed by atoms with Gasteiger partial charge in [-0.2, -0.15) is 0 Å². The van der Waals surface area contributed by atoms with Gasteiger partial charge in [-0.15, -0.1) is 0 Å². The maximum Gasteiger partial charge on any atom is 0.0270 e. The number of hydrogen-bond acceptors (Lipinski definition) is 2. The Balaban J connectivity index is 1.77. The van der Waals surface area contributed by atoms with Crippen LogP contribution >= 0.6 is 0 Å². The fourth-order valence-corrected chi connectivity index (χ4v) is 2.52. The summed E-state index contributed by atoms with van der Waals surface area (Å²) in [5, 5.41) is 0. The van der Waals surface area contributed by atoms with E-state index < -0.39 is 0 Å². The van der Waals surface area contributed by atoms with Crippen molar-refractivity contribution in [3.8, 4) is 0 Å². The van der Waals surface area contributed by atoms with Gasteiger partial charge in [0.25, 0.3) is 0 Å².